The quantitative estimate of drug-likeness (QED) is 0.849. The van der Waals surface area contributed by atoms with Gasteiger partial charge in [-0.1, -0.05) is 30.3 Å². The van der Waals surface area contributed by atoms with E-state index in [0.717, 1.165) is 11.4 Å². The van der Waals surface area contributed by atoms with E-state index in [1.54, 1.807) is 18.4 Å². The summed E-state index contributed by atoms with van der Waals surface area (Å²) in [5.41, 5.74) is 1.32. The van der Waals surface area contributed by atoms with Crippen LogP contribution in [0.4, 0.5) is 0 Å². The first-order chi connectivity index (χ1) is 9.69. The molecule has 108 valence electrons. The van der Waals surface area contributed by atoms with E-state index in [4.69, 9.17) is 4.74 Å². The molecule has 1 aromatic carbocycles. The molecule has 0 bridgehead atoms. The maximum absolute atomic E-state index is 5.34. The number of hydrogen-bond donors (Lipinski definition) is 1. The molecule has 0 saturated heterocycles. The Morgan fingerprint density at radius 1 is 1.30 bits per heavy atom. The van der Waals surface area contributed by atoms with Crippen LogP contribution in [0.2, 0.25) is 0 Å². The van der Waals surface area contributed by atoms with Crippen LogP contribution < -0.4 is 5.32 Å². The van der Waals surface area contributed by atoms with Gasteiger partial charge in [-0.3, -0.25) is 0 Å². The molecule has 2 atom stereocenters. The molecular weight excluding hydrogens is 268 g/mol. The normalized spacial score (nSPS) is 14.2. The van der Waals surface area contributed by atoms with Crippen molar-refractivity contribution in [3.63, 3.8) is 0 Å². The Balaban J connectivity index is 1.98. The second kappa shape index (κ2) is 7.53. The van der Waals surface area contributed by atoms with Crippen LogP contribution in [0, 0.1) is 6.92 Å². The number of nitrogens with one attached hydrogen (secondary N) is 1. The lowest BCUT2D eigenvalue weighted by Gasteiger charge is -2.21. The van der Waals surface area contributed by atoms with Gasteiger partial charge in [-0.05, 0) is 25.8 Å². The zero-order valence-corrected chi connectivity index (χ0v) is 13.1. The summed E-state index contributed by atoms with van der Waals surface area (Å²) < 4.78 is 5.34. The lowest BCUT2D eigenvalue weighted by molar-refractivity contribution is 0.161. The third-order valence-electron chi connectivity index (χ3n) is 3.19. The number of nitrogens with zero attached hydrogens (tertiary/aromatic N) is 1. The average molecular weight is 290 g/mol. The van der Waals surface area contributed by atoms with Gasteiger partial charge in [0.1, 0.15) is 5.01 Å². The van der Waals surface area contributed by atoms with E-state index in [9.17, 15) is 0 Å². The fraction of sp³-hybridized carbons (Fsp3) is 0.438. The summed E-state index contributed by atoms with van der Waals surface area (Å²) in [4.78, 5) is 5.70. The second-order valence-electron chi connectivity index (χ2n) is 5.04. The molecule has 0 aliphatic carbocycles. The molecule has 0 fully saturated rings. The highest BCUT2D eigenvalue weighted by atomic mass is 32.1. The number of benzene rings is 1. The molecule has 3 nitrogen and oxygen atoms in total. The summed E-state index contributed by atoms with van der Waals surface area (Å²) in [7, 11) is 1.75. The Hall–Kier alpha value is -1.23. The van der Waals surface area contributed by atoms with Crippen LogP contribution in [-0.2, 0) is 11.2 Å². The SMILES string of the molecule is COC[C@H](Cc1ccccc1)N[C@@H](C)c1ncc(C)s1. The molecule has 0 aliphatic heterocycles. The molecule has 1 heterocycles. The van der Waals surface area contributed by atoms with Crippen molar-refractivity contribution in [1.82, 2.24) is 10.3 Å². The molecular formula is C16H22N2OS. The number of thiazole rings is 1. The van der Waals surface area contributed by atoms with Gasteiger partial charge in [-0.15, -0.1) is 11.3 Å². The molecule has 4 heteroatoms. The molecule has 2 rings (SSSR count). The van der Waals surface area contributed by atoms with E-state index < -0.39 is 0 Å². The fourth-order valence-electron chi connectivity index (χ4n) is 2.26. The lowest BCUT2D eigenvalue weighted by atomic mass is 10.1. The van der Waals surface area contributed by atoms with Gasteiger partial charge in [-0.25, -0.2) is 4.98 Å². The highest BCUT2D eigenvalue weighted by Crippen LogP contribution is 2.20. The molecule has 0 radical (unpaired) electrons. The topological polar surface area (TPSA) is 34.1 Å². The number of ether oxygens (including phenoxy) is 1. The van der Waals surface area contributed by atoms with Crippen molar-refractivity contribution < 1.29 is 4.74 Å². The summed E-state index contributed by atoms with van der Waals surface area (Å²) in [5.74, 6) is 0. The summed E-state index contributed by atoms with van der Waals surface area (Å²) in [6.45, 7) is 4.94. The number of aromatic nitrogens is 1. The highest BCUT2D eigenvalue weighted by molar-refractivity contribution is 7.11. The lowest BCUT2D eigenvalue weighted by Crippen LogP contribution is -2.37. The molecule has 0 saturated carbocycles. The van der Waals surface area contributed by atoms with Gasteiger partial charge in [0.2, 0.25) is 0 Å². The standard InChI is InChI=1S/C16H22N2OS/c1-12-10-17-16(20-12)13(2)18-15(11-19-3)9-14-7-5-4-6-8-14/h4-8,10,13,15,18H,9,11H2,1-3H3/t13-,15-/m0/s1. The van der Waals surface area contributed by atoms with E-state index in [2.05, 4.69) is 48.4 Å². The smallest absolute Gasteiger partial charge is 0.109 e. The minimum Gasteiger partial charge on any atom is -0.383 e. The van der Waals surface area contributed by atoms with Crippen LogP contribution >= 0.6 is 11.3 Å². The van der Waals surface area contributed by atoms with E-state index in [-0.39, 0.29) is 6.04 Å². The molecule has 0 spiro atoms. The van der Waals surface area contributed by atoms with Crippen molar-refractivity contribution in [2.24, 2.45) is 0 Å². The van der Waals surface area contributed by atoms with E-state index in [0.29, 0.717) is 12.6 Å². The first-order valence-corrected chi connectivity index (χ1v) is 7.72. The number of hydrogen-bond acceptors (Lipinski definition) is 4. The maximum Gasteiger partial charge on any atom is 0.109 e. The Morgan fingerprint density at radius 3 is 2.65 bits per heavy atom. The average Bonchev–Trinajstić information content (AvgIpc) is 2.87. The monoisotopic (exact) mass is 290 g/mol. The zero-order chi connectivity index (χ0) is 14.4. The van der Waals surface area contributed by atoms with Crippen molar-refractivity contribution in [3.8, 4) is 0 Å². The van der Waals surface area contributed by atoms with Gasteiger partial charge in [0.15, 0.2) is 0 Å². The minimum absolute atomic E-state index is 0.248. The number of aryl methyl sites for hydroxylation is 1. The van der Waals surface area contributed by atoms with Crippen LogP contribution in [0.1, 0.15) is 28.4 Å². The summed E-state index contributed by atoms with van der Waals surface area (Å²) in [6.07, 6.45) is 2.89. The molecule has 1 aromatic heterocycles. The molecule has 0 unspecified atom stereocenters. The number of methoxy groups -OCH3 is 1. The summed E-state index contributed by atoms with van der Waals surface area (Å²) in [5, 5.41) is 4.75. The van der Waals surface area contributed by atoms with Gasteiger partial charge in [0, 0.05) is 24.2 Å². The third kappa shape index (κ3) is 4.40. The summed E-state index contributed by atoms with van der Waals surface area (Å²) in [6, 6.07) is 11.0. The van der Waals surface area contributed by atoms with Crippen LogP contribution in [-0.4, -0.2) is 24.7 Å². The van der Waals surface area contributed by atoms with Crippen molar-refractivity contribution >= 4 is 11.3 Å². The Morgan fingerprint density at radius 2 is 2.05 bits per heavy atom. The van der Waals surface area contributed by atoms with Crippen molar-refractivity contribution in [1.29, 1.82) is 0 Å². The Labute approximate surface area is 125 Å². The Kier molecular flexibility index (Phi) is 5.71. The Bertz CT molecular complexity index is 512. The first-order valence-electron chi connectivity index (χ1n) is 6.90. The number of rotatable bonds is 7. The van der Waals surface area contributed by atoms with Crippen LogP contribution in [0.5, 0.6) is 0 Å². The summed E-state index contributed by atoms with van der Waals surface area (Å²) >= 11 is 1.75. The van der Waals surface area contributed by atoms with E-state index in [1.807, 2.05) is 12.3 Å². The predicted molar refractivity (Wildman–Crippen MR) is 84.2 cm³/mol. The van der Waals surface area contributed by atoms with E-state index in [1.165, 1.54) is 10.4 Å². The van der Waals surface area contributed by atoms with E-state index >= 15 is 0 Å². The van der Waals surface area contributed by atoms with Gasteiger partial charge in [0.25, 0.3) is 0 Å². The largest absolute Gasteiger partial charge is 0.383 e. The minimum atomic E-state index is 0.248. The van der Waals surface area contributed by atoms with Crippen molar-refractivity contribution in [2.75, 3.05) is 13.7 Å². The molecule has 0 amide bonds. The molecule has 1 N–H and O–H groups in total. The van der Waals surface area contributed by atoms with Crippen LogP contribution in [0.25, 0.3) is 0 Å². The van der Waals surface area contributed by atoms with Gasteiger partial charge in [0.05, 0.1) is 12.6 Å². The fourth-order valence-corrected chi connectivity index (χ4v) is 3.05. The molecule has 2 aromatic rings. The molecule has 0 aliphatic rings. The van der Waals surface area contributed by atoms with Crippen LogP contribution in [0.3, 0.4) is 0 Å². The van der Waals surface area contributed by atoms with Gasteiger partial charge < -0.3 is 10.1 Å². The van der Waals surface area contributed by atoms with Crippen molar-refractivity contribution in [3.05, 3.63) is 52.0 Å². The first kappa shape index (κ1) is 15.2. The van der Waals surface area contributed by atoms with Crippen LogP contribution in [0.15, 0.2) is 36.5 Å². The zero-order valence-electron chi connectivity index (χ0n) is 12.3. The second-order valence-corrected chi connectivity index (χ2v) is 6.31. The van der Waals surface area contributed by atoms with Gasteiger partial charge in [-0.2, -0.15) is 0 Å². The van der Waals surface area contributed by atoms with Gasteiger partial charge >= 0.3 is 0 Å². The van der Waals surface area contributed by atoms with Crippen molar-refractivity contribution in [2.45, 2.75) is 32.4 Å². The molecule has 20 heavy (non-hydrogen) atoms. The predicted octanol–water partition coefficient (Wildman–Crippen LogP) is 3.36. The maximum atomic E-state index is 5.34. The third-order valence-corrected chi connectivity index (χ3v) is 4.28. The highest BCUT2D eigenvalue weighted by Gasteiger charge is 2.16.